The SMILES string of the molecule is N[C@@H]1CCOC[C@H]1Cc1cccc(Cl)c1. The zero-order chi connectivity index (χ0) is 10.7. The lowest BCUT2D eigenvalue weighted by atomic mass is 9.90. The average Bonchev–Trinajstić information content (AvgIpc) is 2.22. The molecule has 1 aliphatic rings. The van der Waals surface area contributed by atoms with Gasteiger partial charge in [-0.3, -0.25) is 0 Å². The molecule has 1 heterocycles. The first kappa shape index (κ1) is 10.9. The second kappa shape index (κ2) is 4.97. The summed E-state index contributed by atoms with van der Waals surface area (Å²) >= 11 is 5.94. The number of hydrogen-bond donors (Lipinski definition) is 1. The lowest BCUT2D eigenvalue weighted by molar-refractivity contribution is 0.0422. The maximum atomic E-state index is 6.05. The number of nitrogens with two attached hydrogens (primary N) is 1. The van der Waals surface area contributed by atoms with E-state index >= 15 is 0 Å². The second-order valence-corrected chi connectivity index (χ2v) is 4.56. The number of ether oxygens (including phenoxy) is 1. The number of hydrogen-bond acceptors (Lipinski definition) is 2. The zero-order valence-corrected chi connectivity index (χ0v) is 9.41. The highest BCUT2D eigenvalue weighted by Gasteiger charge is 2.22. The molecule has 0 amide bonds. The smallest absolute Gasteiger partial charge is 0.0512 e. The van der Waals surface area contributed by atoms with Crippen LogP contribution in [0.3, 0.4) is 0 Å². The molecule has 2 atom stereocenters. The highest BCUT2D eigenvalue weighted by atomic mass is 35.5. The topological polar surface area (TPSA) is 35.2 Å². The van der Waals surface area contributed by atoms with E-state index < -0.39 is 0 Å². The van der Waals surface area contributed by atoms with Crippen LogP contribution in [0.4, 0.5) is 0 Å². The van der Waals surface area contributed by atoms with Crippen molar-refractivity contribution in [2.75, 3.05) is 13.2 Å². The molecule has 0 bridgehead atoms. The second-order valence-electron chi connectivity index (χ2n) is 4.12. The van der Waals surface area contributed by atoms with Crippen LogP contribution in [-0.2, 0) is 11.2 Å². The van der Waals surface area contributed by atoms with Gasteiger partial charge in [0.25, 0.3) is 0 Å². The fourth-order valence-electron chi connectivity index (χ4n) is 1.99. The first-order valence-electron chi connectivity index (χ1n) is 5.33. The predicted molar refractivity (Wildman–Crippen MR) is 62.1 cm³/mol. The monoisotopic (exact) mass is 225 g/mol. The molecular weight excluding hydrogens is 210 g/mol. The Labute approximate surface area is 95.4 Å². The lowest BCUT2D eigenvalue weighted by Gasteiger charge is -2.28. The van der Waals surface area contributed by atoms with Crippen LogP contribution >= 0.6 is 11.6 Å². The van der Waals surface area contributed by atoms with E-state index in [0.29, 0.717) is 5.92 Å². The van der Waals surface area contributed by atoms with Crippen LogP contribution in [-0.4, -0.2) is 19.3 Å². The van der Waals surface area contributed by atoms with Crippen molar-refractivity contribution in [3.63, 3.8) is 0 Å². The van der Waals surface area contributed by atoms with Gasteiger partial charge in [0.2, 0.25) is 0 Å². The Morgan fingerprint density at radius 1 is 1.47 bits per heavy atom. The van der Waals surface area contributed by atoms with Gasteiger partial charge >= 0.3 is 0 Å². The minimum atomic E-state index is 0.262. The summed E-state index contributed by atoms with van der Waals surface area (Å²) in [7, 11) is 0. The Morgan fingerprint density at radius 3 is 3.07 bits per heavy atom. The first-order chi connectivity index (χ1) is 7.25. The summed E-state index contributed by atoms with van der Waals surface area (Å²) in [4.78, 5) is 0. The molecule has 2 rings (SSSR count). The molecule has 1 aromatic rings. The molecule has 1 fully saturated rings. The van der Waals surface area contributed by atoms with Gasteiger partial charge in [0.05, 0.1) is 6.61 Å². The summed E-state index contributed by atoms with van der Waals surface area (Å²) in [6.07, 6.45) is 1.92. The third kappa shape index (κ3) is 2.94. The van der Waals surface area contributed by atoms with Gasteiger partial charge in [0.1, 0.15) is 0 Å². The highest BCUT2D eigenvalue weighted by Crippen LogP contribution is 2.20. The third-order valence-corrected chi connectivity index (χ3v) is 3.15. The van der Waals surface area contributed by atoms with Crippen LogP contribution in [0.1, 0.15) is 12.0 Å². The highest BCUT2D eigenvalue weighted by molar-refractivity contribution is 6.30. The van der Waals surface area contributed by atoms with Crippen LogP contribution in [0.15, 0.2) is 24.3 Å². The van der Waals surface area contributed by atoms with E-state index in [4.69, 9.17) is 22.1 Å². The van der Waals surface area contributed by atoms with Gasteiger partial charge < -0.3 is 10.5 Å². The normalized spacial score (nSPS) is 26.5. The Morgan fingerprint density at radius 2 is 2.33 bits per heavy atom. The number of halogens is 1. The van der Waals surface area contributed by atoms with Crippen LogP contribution in [0.25, 0.3) is 0 Å². The minimum absolute atomic E-state index is 0.262. The van der Waals surface area contributed by atoms with Gasteiger partial charge in [0, 0.05) is 23.6 Å². The largest absolute Gasteiger partial charge is 0.381 e. The van der Waals surface area contributed by atoms with Crippen molar-refractivity contribution < 1.29 is 4.74 Å². The minimum Gasteiger partial charge on any atom is -0.381 e. The first-order valence-corrected chi connectivity index (χ1v) is 5.71. The van der Waals surface area contributed by atoms with Crippen LogP contribution in [0, 0.1) is 5.92 Å². The van der Waals surface area contributed by atoms with Crippen molar-refractivity contribution >= 4 is 11.6 Å². The molecule has 0 aromatic heterocycles. The maximum absolute atomic E-state index is 6.05. The summed E-state index contributed by atoms with van der Waals surface area (Å²) in [5.41, 5.74) is 7.30. The van der Waals surface area contributed by atoms with Crippen molar-refractivity contribution in [2.24, 2.45) is 11.7 Å². The molecule has 0 unspecified atom stereocenters. The fraction of sp³-hybridized carbons (Fsp3) is 0.500. The van der Waals surface area contributed by atoms with Crippen LogP contribution in [0.2, 0.25) is 5.02 Å². The fourth-order valence-corrected chi connectivity index (χ4v) is 2.20. The van der Waals surface area contributed by atoms with Crippen molar-refractivity contribution in [2.45, 2.75) is 18.9 Å². The van der Waals surface area contributed by atoms with Gasteiger partial charge in [-0.1, -0.05) is 23.7 Å². The quantitative estimate of drug-likeness (QED) is 0.838. The summed E-state index contributed by atoms with van der Waals surface area (Å²) in [5.74, 6) is 0.428. The lowest BCUT2D eigenvalue weighted by Crippen LogP contribution is -2.39. The van der Waals surface area contributed by atoms with Crippen LogP contribution < -0.4 is 5.73 Å². The zero-order valence-electron chi connectivity index (χ0n) is 8.66. The van der Waals surface area contributed by atoms with E-state index in [1.54, 1.807) is 0 Å². The van der Waals surface area contributed by atoms with E-state index in [2.05, 4.69) is 6.07 Å². The molecule has 1 aromatic carbocycles. The molecule has 3 heteroatoms. The molecule has 82 valence electrons. The standard InChI is InChI=1S/C12H16ClNO/c13-11-3-1-2-9(7-11)6-10-8-15-5-4-12(10)14/h1-3,7,10,12H,4-6,8,14H2/t10-,12-/m1/s1. The van der Waals surface area contributed by atoms with Crippen molar-refractivity contribution in [3.05, 3.63) is 34.9 Å². The van der Waals surface area contributed by atoms with E-state index in [9.17, 15) is 0 Å². The molecule has 0 saturated carbocycles. The summed E-state index contributed by atoms with van der Waals surface area (Å²) < 4.78 is 5.44. The van der Waals surface area contributed by atoms with Gasteiger partial charge in [-0.25, -0.2) is 0 Å². The van der Waals surface area contributed by atoms with E-state index in [-0.39, 0.29) is 6.04 Å². The average molecular weight is 226 g/mol. The molecule has 2 N–H and O–H groups in total. The molecule has 0 radical (unpaired) electrons. The summed E-state index contributed by atoms with van der Waals surface area (Å²) in [6, 6.07) is 8.23. The van der Waals surface area contributed by atoms with Gasteiger partial charge in [-0.05, 0) is 30.5 Å². The van der Waals surface area contributed by atoms with Gasteiger partial charge in [0.15, 0.2) is 0 Å². The molecule has 0 spiro atoms. The molecule has 15 heavy (non-hydrogen) atoms. The van der Waals surface area contributed by atoms with Crippen LogP contribution in [0.5, 0.6) is 0 Å². The molecule has 0 aliphatic carbocycles. The predicted octanol–water partition coefficient (Wildman–Crippen LogP) is 2.25. The summed E-state index contributed by atoms with van der Waals surface area (Å²) in [5, 5.41) is 0.790. The summed E-state index contributed by atoms with van der Waals surface area (Å²) in [6.45, 7) is 1.57. The third-order valence-electron chi connectivity index (χ3n) is 2.92. The van der Waals surface area contributed by atoms with Crippen molar-refractivity contribution in [3.8, 4) is 0 Å². The Hall–Kier alpha value is -0.570. The molecule has 1 saturated heterocycles. The van der Waals surface area contributed by atoms with Crippen molar-refractivity contribution in [1.29, 1.82) is 0 Å². The Balaban J connectivity index is 2.01. The Kier molecular flexibility index (Phi) is 3.62. The molecular formula is C12H16ClNO. The molecule has 2 nitrogen and oxygen atoms in total. The Bertz CT molecular complexity index is 329. The maximum Gasteiger partial charge on any atom is 0.0512 e. The van der Waals surface area contributed by atoms with E-state index in [1.165, 1.54) is 5.56 Å². The van der Waals surface area contributed by atoms with Gasteiger partial charge in [-0.2, -0.15) is 0 Å². The van der Waals surface area contributed by atoms with Gasteiger partial charge in [-0.15, -0.1) is 0 Å². The number of benzene rings is 1. The number of rotatable bonds is 2. The van der Waals surface area contributed by atoms with E-state index in [1.807, 2.05) is 18.2 Å². The molecule has 1 aliphatic heterocycles. The van der Waals surface area contributed by atoms with E-state index in [0.717, 1.165) is 31.1 Å². The van der Waals surface area contributed by atoms with Crippen molar-refractivity contribution in [1.82, 2.24) is 0 Å².